The van der Waals surface area contributed by atoms with Crippen LogP contribution in [0.25, 0.3) is 21.8 Å². The molecule has 0 atom stereocenters. The third kappa shape index (κ3) is 6.42. The number of anilines is 2. The molecular formula is C24H26ClIN6O. The molecule has 2 aromatic carbocycles. The standard InChI is InChI=1S/C24H26ClIN6O/c1-31(13-29-21-7-9-27-23-11-17(25)3-5-19(21)23)15-32(2)16-33-14-30-22-8-10-28-24-12-18(26)4-6-20(22)24/h3-12H,13-16H2,1-2H3,(H,27,29)(H,28,30). The fraction of sp³-hybridized carbons (Fsp3) is 0.250. The number of fused-ring (bicyclic) bond motifs is 2. The highest BCUT2D eigenvalue weighted by molar-refractivity contribution is 14.1. The second kappa shape index (κ2) is 11.3. The molecule has 9 heteroatoms. The van der Waals surface area contributed by atoms with E-state index in [4.69, 9.17) is 16.3 Å². The molecule has 0 saturated carbocycles. The van der Waals surface area contributed by atoms with E-state index in [1.54, 1.807) is 6.20 Å². The first-order valence-electron chi connectivity index (χ1n) is 10.5. The Morgan fingerprint density at radius 1 is 0.879 bits per heavy atom. The maximum absolute atomic E-state index is 6.08. The van der Waals surface area contributed by atoms with Crippen LogP contribution in [0.1, 0.15) is 0 Å². The number of hydrogen-bond acceptors (Lipinski definition) is 7. The maximum atomic E-state index is 6.08. The van der Waals surface area contributed by atoms with Gasteiger partial charge in [-0.05, 0) is 85.2 Å². The van der Waals surface area contributed by atoms with Crippen molar-refractivity contribution < 1.29 is 4.74 Å². The number of hydrogen-bond donors (Lipinski definition) is 2. The number of ether oxygens (including phenoxy) is 1. The topological polar surface area (TPSA) is 65.5 Å². The fourth-order valence-electron chi connectivity index (χ4n) is 3.60. The first kappa shape index (κ1) is 23.9. The van der Waals surface area contributed by atoms with Crippen LogP contribution in [0, 0.1) is 3.57 Å². The van der Waals surface area contributed by atoms with Crippen molar-refractivity contribution in [1.82, 2.24) is 19.8 Å². The molecule has 0 saturated heterocycles. The maximum Gasteiger partial charge on any atom is 0.118 e. The normalized spacial score (nSPS) is 11.6. The van der Waals surface area contributed by atoms with E-state index in [-0.39, 0.29) is 0 Å². The molecule has 4 aromatic rings. The monoisotopic (exact) mass is 576 g/mol. The highest BCUT2D eigenvalue weighted by Gasteiger charge is 2.07. The first-order chi connectivity index (χ1) is 16.0. The van der Waals surface area contributed by atoms with E-state index in [1.807, 2.05) is 43.6 Å². The fourth-order valence-corrected chi connectivity index (χ4v) is 4.25. The predicted molar refractivity (Wildman–Crippen MR) is 145 cm³/mol. The lowest BCUT2D eigenvalue weighted by atomic mass is 10.2. The number of pyridine rings is 2. The quantitative estimate of drug-likeness (QED) is 0.151. The highest BCUT2D eigenvalue weighted by atomic mass is 127. The summed E-state index contributed by atoms with van der Waals surface area (Å²) in [5.41, 5.74) is 3.91. The lowest BCUT2D eigenvalue weighted by molar-refractivity contribution is 0.0281. The van der Waals surface area contributed by atoms with Gasteiger partial charge in [-0.3, -0.25) is 19.8 Å². The van der Waals surface area contributed by atoms with Gasteiger partial charge in [0.25, 0.3) is 0 Å². The van der Waals surface area contributed by atoms with Crippen molar-refractivity contribution >= 4 is 67.4 Å². The molecule has 7 nitrogen and oxygen atoms in total. The molecule has 0 radical (unpaired) electrons. The minimum absolute atomic E-state index is 0.420. The summed E-state index contributed by atoms with van der Waals surface area (Å²) >= 11 is 8.38. The molecule has 0 unspecified atom stereocenters. The summed E-state index contributed by atoms with van der Waals surface area (Å²) < 4.78 is 7.00. The molecule has 0 spiro atoms. The number of nitrogens with zero attached hydrogens (tertiary/aromatic N) is 4. The van der Waals surface area contributed by atoms with Gasteiger partial charge in [-0.2, -0.15) is 0 Å². The third-order valence-corrected chi connectivity index (χ3v) is 6.01. The van der Waals surface area contributed by atoms with Crippen LogP contribution in [0.15, 0.2) is 60.9 Å². The summed E-state index contributed by atoms with van der Waals surface area (Å²) in [6.07, 6.45) is 3.61. The Morgan fingerprint density at radius 3 is 2.30 bits per heavy atom. The van der Waals surface area contributed by atoms with Crippen LogP contribution >= 0.6 is 34.2 Å². The van der Waals surface area contributed by atoms with Crippen molar-refractivity contribution in [3.05, 3.63) is 69.5 Å². The van der Waals surface area contributed by atoms with Crippen LogP contribution in [0.3, 0.4) is 0 Å². The molecule has 0 bridgehead atoms. The minimum Gasteiger partial charge on any atom is -0.372 e. The second-order valence-electron chi connectivity index (χ2n) is 7.88. The van der Waals surface area contributed by atoms with Crippen LogP contribution in [0.5, 0.6) is 0 Å². The number of halogens is 2. The lowest BCUT2D eigenvalue weighted by Crippen LogP contribution is -2.37. The molecule has 0 amide bonds. The van der Waals surface area contributed by atoms with Crippen molar-refractivity contribution in [2.75, 3.05) is 51.5 Å². The van der Waals surface area contributed by atoms with E-state index in [2.05, 4.69) is 78.2 Å². The summed E-state index contributed by atoms with van der Waals surface area (Å²) in [6.45, 7) is 2.36. The molecule has 0 aliphatic carbocycles. The van der Waals surface area contributed by atoms with E-state index < -0.39 is 0 Å². The Bertz CT molecular complexity index is 1240. The zero-order valence-corrected chi connectivity index (χ0v) is 21.5. The Labute approximate surface area is 212 Å². The van der Waals surface area contributed by atoms with E-state index >= 15 is 0 Å². The summed E-state index contributed by atoms with van der Waals surface area (Å²) in [4.78, 5) is 13.1. The molecule has 33 heavy (non-hydrogen) atoms. The average molecular weight is 577 g/mol. The van der Waals surface area contributed by atoms with Gasteiger partial charge in [0.15, 0.2) is 0 Å². The average Bonchev–Trinajstić information content (AvgIpc) is 2.80. The molecule has 2 aromatic heterocycles. The SMILES string of the molecule is CN(CNc1ccnc2cc(Cl)ccc12)CN(C)COCNc1ccnc2cc(I)ccc12. The summed E-state index contributed by atoms with van der Waals surface area (Å²) in [7, 11) is 4.09. The van der Waals surface area contributed by atoms with Crippen LogP contribution in [0.2, 0.25) is 5.02 Å². The van der Waals surface area contributed by atoms with E-state index in [0.717, 1.165) is 39.8 Å². The highest BCUT2D eigenvalue weighted by Crippen LogP contribution is 2.24. The molecule has 172 valence electrons. The van der Waals surface area contributed by atoms with Gasteiger partial charge in [-0.25, -0.2) is 0 Å². The molecular weight excluding hydrogens is 551 g/mol. The largest absolute Gasteiger partial charge is 0.372 e. The van der Waals surface area contributed by atoms with Crippen LogP contribution in [-0.2, 0) is 4.74 Å². The van der Waals surface area contributed by atoms with Crippen molar-refractivity contribution in [3.8, 4) is 0 Å². The number of rotatable bonds is 10. The van der Waals surface area contributed by atoms with Crippen LogP contribution in [0.4, 0.5) is 11.4 Å². The second-order valence-corrected chi connectivity index (χ2v) is 9.56. The predicted octanol–water partition coefficient (Wildman–Crippen LogP) is 5.28. The van der Waals surface area contributed by atoms with Crippen molar-refractivity contribution in [1.29, 1.82) is 0 Å². The molecule has 4 rings (SSSR count). The van der Waals surface area contributed by atoms with Crippen molar-refractivity contribution in [2.24, 2.45) is 0 Å². The van der Waals surface area contributed by atoms with Gasteiger partial charge in [-0.1, -0.05) is 11.6 Å². The van der Waals surface area contributed by atoms with Crippen molar-refractivity contribution in [3.63, 3.8) is 0 Å². The Hall–Kier alpha value is -2.24. The smallest absolute Gasteiger partial charge is 0.118 e. The van der Waals surface area contributed by atoms with E-state index in [1.165, 1.54) is 3.57 Å². The van der Waals surface area contributed by atoms with Gasteiger partial charge >= 0.3 is 0 Å². The Kier molecular flexibility index (Phi) is 8.15. The van der Waals surface area contributed by atoms with Crippen molar-refractivity contribution in [2.45, 2.75) is 0 Å². The third-order valence-electron chi connectivity index (χ3n) is 5.11. The van der Waals surface area contributed by atoms with E-state index in [9.17, 15) is 0 Å². The summed E-state index contributed by atoms with van der Waals surface area (Å²) in [5, 5.41) is 9.66. The number of nitrogens with one attached hydrogen (secondary N) is 2. The van der Waals surface area contributed by atoms with E-state index in [0.29, 0.717) is 25.2 Å². The Balaban J connectivity index is 1.22. The zero-order chi connectivity index (χ0) is 23.2. The minimum atomic E-state index is 0.420. The van der Waals surface area contributed by atoms with Crippen LogP contribution < -0.4 is 10.6 Å². The Morgan fingerprint density at radius 2 is 1.55 bits per heavy atom. The van der Waals surface area contributed by atoms with Gasteiger partial charge in [-0.15, -0.1) is 0 Å². The number of benzene rings is 2. The van der Waals surface area contributed by atoms with Gasteiger partial charge in [0.05, 0.1) is 24.4 Å². The molecule has 0 fully saturated rings. The zero-order valence-electron chi connectivity index (χ0n) is 18.6. The van der Waals surface area contributed by atoms with Gasteiger partial charge in [0, 0.05) is 43.1 Å². The molecule has 0 aliphatic heterocycles. The summed E-state index contributed by atoms with van der Waals surface area (Å²) in [6, 6.07) is 15.9. The first-order valence-corrected chi connectivity index (χ1v) is 12.0. The van der Waals surface area contributed by atoms with Gasteiger partial charge in [0.2, 0.25) is 0 Å². The molecule has 0 aliphatic rings. The van der Waals surface area contributed by atoms with Gasteiger partial charge < -0.3 is 15.4 Å². The van der Waals surface area contributed by atoms with Crippen LogP contribution in [-0.4, -0.2) is 60.7 Å². The molecule has 2 N–H and O–H groups in total. The number of aromatic nitrogens is 2. The molecule has 2 heterocycles. The van der Waals surface area contributed by atoms with Gasteiger partial charge in [0.1, 0.15) is 13.5 Å². The lowest BCUT2D eigenvalue weighted by Gasteiger charge is -2.25. The summed E-state index contributed by atoms with van der Waals surface area (Å²) in [5.74, 6) is 0.